The first-order valence-electron chi connectivity index (χ1n) is 9.74. The molecule has 4 rings (SSSR count). The highest BCUT2D eigenvalue weighted by molar-refractivity contribution is 5.73. The third kappa shape index (κ3) is 4.30. The maximum absolute atomic E-state index is 11.5. The van der Waals surface area contributed by atoms with Gasteiger partial charge in [-0.2, -0.15) is 0 Å². The van der Waals surface area contributed by atoms with Crippen molar-refractivity contribution in [3.8, 4) is 22.6 Å². The van der Waals surface area contributed by atoms with Crippen LogP contribution in [0.5, 0.6) is 5.75 Å². The van der Waals surface area contributed by atoms with E-state index in [1.54, 1.807) is 26.7 Å². The Hall–Kier alpha value is -3.19. The molecular weight excluding hydrogens is 366 g/mol. The topological polar surface area (TPSA) is 63.5 Å². The third-order valence-electron chi connectivity index (χ3n) is 5.36. The molecule has 7 heteroatoms. The lowest BCUT2D eigenvalue weighted by molar-refractivity contribution is -0.130. The number of carbonyl (C=O) groups excluding carboxylic acids is 1. The molecule has 2 heterocycles. The van der Waals surface area contributed by atoms with E-state index in [1.165, 1.54) is 5.56 Å². The van der Waals surface area contributed by atoms with Crippen molar-refractivity contribution < 1.29 is 9.53 Å². The first-order chi connectivity index (χ1) is 14.1. The standard InChI is InChI=1S/C22H25N5O2/c1-17(28)26-10-8-25(9-11-26)14-18-6-7-22(29-2)21(12-18)19-4-3-5-20(13-19)27-15-23-24-16-27/h3-7,12-13,15-16H,8-11,14H2,1-2H3. The minimum Gasteiger partial charge on any atom is -0.496 e. The Bertz CT molecular complexity index is 979. The van der Waals surface area contributed by atoms with Gasteiger partial charge in [-0.3, -0.25) is 14.3 Å². The largest absolute Gasteiger partial charge is 0.496 e. The first kappa shape index (κ1) is 19.1. The molecule has 0 saturated carbocycles. The van der Waals surface area contributed by atoms with Crippen LogP contribution in [-0.4, -0.2) is 63.8 Å². The number of benzene rings is 2. The molecule has 0 atom stereocenters. The van der Waals surface area contributed by atoms with Gasteiger partial charge in [-0.1, -0.05) is 18.2 Å². The molecular formula is C22H25N5O2. The number of hydrogen-bond donors (Lipinski definition) is 0. The van der Waals surface area contributed by atoms with E-state index in [2.05, 4.69) is 39.4 Å². The number of methoxy groups -OCH3 is 1. The molecule has 0 bridgehead atoms. The van der Waals surface area contributed by atoms with Crippen molar-refractivity contribution in [1.29, 1.82) is 0 Å². The highest BCUT2D eigenvalue weighted by Gasteiger charge is 2.19. The van der Waals surface area contributed by atoms with Crippen LogP contribution in [0.3, 0.4) is 0 Å². The zero-order valence-electron chi connectivity index (χ0n) is 16.8. The molecule has 0 N–H and O–H groups in total. The van der Waals surface area contributed by atoms with Crippen LogP contribution in [0.2, 0.25) is 0 Å². The second kappa shape index (κ2) is 8.45. The van der Waals surface area contributed by atoms with Gasteiger partial charge in [-0.15, -0.1) is 10.2 Å². The molecule has 1 aliphatic heterocycles. The minimum absolute atomic E-state index is 0.157. The summed E-state index contributed by atoms with van der Waals surface area (Å²) in [6.45, 7) is 5.86. The molecule has 1 fully saturated rings. The van der Waals surface area contributed by atoms with Crippen molar-refractivity contribution in [3.05, 3.63) is 60.7 Å². The summed E-state index contributed by atoms with van der Waals surface area (Å²) < 4.78 is 7.51. The lowest BCUT2D eigenvalue weighted by atomic mass is 10.0. The molecule has 29 heavy (non-hydrogen) atoms. The number of carbonyl (C=O) groups is 1. The van der Waals surface area contributed by atoms with E-state index in [4.69, 9.17) is 4.74 Å². The van der Waals surface area contributed by atoms with Crippen LogP contribution in [0, 0.1) is 0 Å². The fourth-order valence-corrected chi connectivity index (χ4v) is 3.73. The van der Waals surface area contributed by atoms with E-state index in [0.717, 1.165) is 55.3 Å². The Balaban J connectivity index is 1.57. The number of ether oxygens (including phenoxy) is 1. The average Bonchev–Trinajstić information content (AvgIpc) is 3.29. The van der Waals surface area contributed by atoms with Crippen molar-refractivity contribution in [2.24, 2.45) is 0 Å². The monoisotopic (exact) mass is 391 g/mol. The van der Waals surface area contributed by atoms with Gasteiger partial charge in [0.05, 0.1) is 7.11 Å². The van der Waals surface area contributed by atoms with Crippen LogP contribution in [0.1, 0.15) is 12.5 Å². The Labute approximate surface area is 170 Å². The van der Waals surface area contributed by atoms with Crippen molar-refractivity contribution in [2.45, 2.75) is 13.5 Å². The van der Waals surface area contributed by atoms with E-state index in [9.17, 15) is 4.79 Å². The third-order valence-corrected chi connectivity index (χ3v) is 5.36. The minimum atomic E-state index is 0.157. The highest BCUT2D eigenvalue weighted by Crippen LogP contribution is 2.32. The Kier molecular flexibility index (Phi) is 5.57. The van der Waals surface area contributed by atoms with Crippen LogP contribution in [0.15, 0.2) is 55.1 Å². The molecule has 1 aliphatic rings. The normalized spacial score (nSPS) is 14.8. The molecule has 0 spiro atoms. The number of amides is 1. The van der Waals surface area contributed by atoms with Crippen LogP contribution in [0.25, 0.3) is 16.8 Å². The molecule has 0 unspecified atom stereocenters. The Morgan fingerprint density at radius 2 is 1.79 bits per heavy atom. The lowest BCUT2D eigenvalue weighted by Gasteiger charge is -2.34. The van der Waals surface area contributed by atoms with Crippen LogP contribution in [0.4, 0.5) is 0 Å². The SMILES string of the molecule is COc1ccc(CN2CCN(C(C)=O)CC2)cc1-c1cccc(-n2cnnc2)c1. The fourth-order valence-electron chi connectivity index (χ4n) is 3.73. The van der Waals surface area contributed by atoms with Gasteiger partial charge in [0.25, 0.3) is 0 Å². The van der Waals surface area contributed by atoms with E-state index >= 15 is 0 Å². The molecule has 1 aromatic heterocycles. The van der Waals surface area contributed by atoms with Gasteiger partial charge in [0.1, 0.15) is 18.4 Å². The van der Waals surface area contributed by atoms with Gasteiger partial charge in [0.2, 0.25) is 5.91 Å². The number of aromatic nitrogens is 3. The number of hydrogen-bond acceptors (Lipinski definition) is 5. The van der Waals surface area contributed by atoms with Crippen molar-refractivity contribution in [3.63, 3.8) is 0 Å². The van der Waals surface area contributed by atoms with Crippen LogP contribution >= 0.6 is 0 Å². The van der Waals surface area contributed by atoms with Crippen molar-refractivity contribution in [2.75, 3.05) is 33.3 Å². The van der Waals surface area contributed by atoms with Crippen LogP contribution < -0.4 is 4.74 Å². The van der Waals surface area contributed by atoms with E-state index in [0.29, 0.717) is 0 Å². The summed E-state index contributed by atoms with van der Waals surface area (Å²) in [6, 6.07) is 14.6. The fraction of sp³-hybridized carbons (Fsp3) is 0.318. The smallest absolute Gasteiger partial charge is 0.219 e. The summed E-state index contributed by atoms with van der Waals surface area (Å²) in [5, 5.41) is 7.78. The molecule has 0 radical (unpaired) electrons. The summed E-state index contributed by atoms with van der Waals surface area (Å²) in [4.78, 5) is 15.8. The molecule has 0 aliphatic carbocycles. The molecule has 150 valence electrons. The van der Waals surface area contributed by atoms with Gasteiger partial charge in [-0.25, -0.2) is 0 Å². The van der Waals surface area contributed by atoms with Crippen molar-refractivity contribution >= 4 is 5.91 Å². The lowest BCUT2D eigenvalue weighted by Crippen LogP contribution is -2.47. The molecule has 1 saturated heterocycles. The number of rotatable bonds is 5. The molecule has 2 aromatic carbocycles. The summed E-state index contributed by atoms with van der Waals surface area (Å²) in [5.74, 6) is 1.00. The average molecular weight is 391 g/mol. The van der Waals surface area contributed by atoms with Gasteiger partial charge < -0.3 is 9.64 Å². The Morgan fingerprint density at radius 1 is 1.03 bits per heavy atom. The summed E-state index contributed by atoms with van der Waals surface area (Å²) >= 11 is 0. The highest BCUT2D eigenvalue weighted by atomic mass is 16.5. The van der Waals surface area contributed by atoms with Gasteiger partial charge >= 0.3 is 0 Å². The van der Waals surface area contributed by atoms with E-state index in [1.807, 2.05) is 27.7 Å². The second-order valence-electron chi connectivity index (χ2n) is 7.24. The van der Waals surface area contributed by atoms with Crippen LogP contribution in [-0.2, 0) is 11.3 Å². The number of nitrogens with zero attached hydrogens (tertiary/aromatic N) is 5. The summed E-state index contributed by atoms with van der Waals surface area (Å²) in [7, 11) is 1.70. The van der Waals surface area contributed by atoms with Gasteiger partial charge in [0.15, 0.2) is 0 Å². The molecule has 7 nitrogen and oxygen atoms in total. The number of piperazine rings is 1. The maximum Gasteiger partial charge on any atom is 0.219 e. The van der Waals surface area contributed by atoms with Gasteiger partial charge in [0, 0.05) is 50.9 Å². The zero-order valence-corrected chi connectivity index (χ0v) is 16.8. The first-order valence-corrected chi connectivity index (χ1v) is 9.74. The maximum atomic E-state index is 11.5. The van der Waals surface area contributed by atoms with E-state index in [-0.39, 0.29) is 5.91 Å². The second-order valence-corrected chi connectivity index (χ2v) is 7.24. The predicted molar refractivity (Wildman–Crippen MR) is 111 cm³/mol. The van der Waals surface area contributed by atoms with E-state index < -0.39 is 0 Å². The predicted octanol–water partition coefficient (Wildman–Crippen LogP) is 2.61. The molecule has 1 amide bonds. The van der Waals surface area contributed by atoms with Crippen molar-refractivity contribution in [1.82, 2.24) is 24.6 Å². The van der Waals surface area contributed by atoms with Gasteiger partial charge in [-0.05, 0) is 35.4 Å². The zero-order chi connectivity index (χ0) is 20.2. The molecule has 3 aromatic rings. The Morgan fingerprint density at radius 3 is 2.48 bits per heavy atom. The summed E-state index contributed by atoms with van der Waals surface area (Å²) in [5.41, 5.74) is 4.37. The quantitative estimate of drug-likeness (QED) is 0.669. The summed E-state index contributed by atoms with van der Waals surface area (Å²) in [6.07, 6.45) is 3.38.